The molecule has 0 aromatic heterocycles. The minimum absolute atomic E-state index is 0.300. The predicted octanol–water partition coefficient (Wildman–Crippen LogP) is 2.25. The van der Waals surface area contributed by atoms with Gasteiger partial charge in [0.15, 0.2) is 0 Å². The molecule has 4 heteroatoms. The lowest BCUT2D eigenvalue weighted by Crippen LogP contribution is -2.35. The van der Waals surface area contributed by atoms with E-state index in [0.29, 0.717) is 25.4 Å². The predicted molar refractivity (Wildman–Crippen MR) is 68.0 cm³/mol. The SMILES string of the molecule is CCCN(CCCN)C(=O)Oc1ccccc1. The molecule has 1 aromatic rings. The van der Waals surface area contributed by atoms with Gasteiger partial charge in [-0.2, -0.15) is 0 Å². The summed E-state index contributed by atoms with van der Waals surface area (Å²) in [6.07, 6.45) is 1.41. The van der Waals surface area contributed by atoms with Gasteiger partial charge in [0.1, 0.15) is 5.75 Å². The maximum atomic E-state index is 11.9. The molecule has 0 unspecified atom stereocenters. The summed E-state index contributed by atoms with van der Waals surface area (Å²) in [6.45, 7) is 3.96. The maximum Gasteiger partial charge on any atom is 0.415 e. The molecule has 0 atom stereocenters. The van der Waals surface area contributed by atoms with Gasteiger partial charge in [0.2, 0.25) is 0 Å². The molecular weight excluding hydrogens is 216 g/mol. The van der Waals surface area contributed by atoms with Crippen molar-refractivity contribution >= 4 is 6.09 Å². The van der Waals surface area contributed by atoms with E-state index in [9.17, 15) is 4.79 Å². The molecule has 0 saturated carbocycles. The molecule has 1 rings (SSSR count). The van der Waals surface area contributed by atoms with Gasteiger partial charge in [-0.1, -0.05) is 25.1 Å². The fraction of sp³-hybridized carbons (Fsp3) is 0.462. The zero-order valence-corrected chi connectivity index (χ0v) is 10.3. The van der Waals surface area contributed by atoms with Crippen LogP contribution in [0, 0.1) is 0 Å². The summed E-state index contributed by atoms with van der Waals surface area (Å²) in [5.74, 6) is 0.575. The number of rotatable bonds is 6. The fourth-order valence-corrected chi connectivity index (χ4v) is 1.50. The van der Waals surface area contributed by atoms with Crippen LogP contribution >= 0.6 is 0 Å². The van der Waals surface area contributed by atoms with Crippen LogP contribution in [0.3, 0.4) is 0 Å². The normalized spacial score (nSPS) is 10.0. The van der Waals surface area contributed by atoms with E-state index >= 15 is 0 Å². The average molecular weight is 236 g/mol. The number of nitrogens with two attached hydrogens (primary N) is 1. The minimum Gasteiger partial charge on any atom is -0.410 e. The van der Waals surface area contributed by atoms with Crippen LogP contribution in [0.15, 0.2) is 30.3 Å². The summed E-state index contributed by atoms with van der Waals surface area (Å²) in [7, 11) is 0. The van der Waals surface area contributed by atoms with E-state index in [1.807, 2.05) is 25.1 Å². The van der Waals surface area contributed by atoms with E-state index in [1.54, 1.807) is 17.0 Å². The zero-order valence-electron chi connectivity index (χ0n) is 10.3. The molecule has 1 amide bonds. The third-order valence-electron chi connectivity index (χ3n) is 2.33. The molecule has 17 heavy (non-hydrogen) atoms. The fourth-order valence-electron chi connectivity index (χ4n) is 1.50. The summed E-state index contributed by atoms with van der Waals surface area (Å²) < 4.78 is 5.27. The van der Waals surface area contributed by atoms with E-state index in [0.717, 1.165) is 12.8 Å². The van der Waals surface area contributed by atoms with Crippen molar-refractivity contribution in [2.24, 2.45) is 5.73 Å². The van der Waals surface area contributed by atoms with E-state index in [2.05, 4.69) is 0 Å². The first-order valence-corrected chi connectivity index (χ1v) is 5.99. The molecule has 0 fully saturated rings. The number of carbonyl (C=O) groups excluding carboxylic acids is 1. The quantitative estimate of drug-likeness (QED) is 0.824. The van der Waals surface area contributed by atoms with Crippen LogP contribution in [0.2, 0.25) is 0 Å². The number of para-hydroxylation sites is 1. The first-order valence-electron chi connectivity index (χ1n) is 5.99. The van der Waals surface area contributed by atoms with Gasteiger partial charge >= 0.3 is 6.09 Å². The molecule has 0 saturated heterocycles. The molecule has 2 N–H and O–H groups in total. The molecule has 0 radical (unpaired) electrons. The number of nitrogens with zero attached hydrogens (tertiary/aromatic N) is 1. The Bertz CT molecular complexity index is 327. The topological polar surface area (TPSA) is 55.6 Å². The van der Waals surface area contributed by atoms with Crippen LogP contribution in [0.1, 0.15) is 19.8 Å². The van der Waals surface area contributed by atoms with Crippen LogP contribution in [0.4, 0.5) is 4.79 Å². The first-order chi connectivity index (χ1) is 8.27. The molecule has 4 nitrogen and oxygen atoms in total. The average Bonchev–Trinajstić information content (AvgIpc) is 2.35. The van der Waals surface area contributed by atoms with Crippen molar-refractivity contribution in [2.45, 2.75) is 19.8 Å². The smallest absolute Gasteiger partial charge is 0.410 e. The molecule has 0 aliphatic rings. The lowest BCUT2D eigenvalue weighted by atomic mass is 10.3. The van der Waals surface area contributed by atoms with Gasteiger partial charge in [0.05, 0.1) is 0 Å². The Labute approximate surface area is 102 Å². The Hall–Kier alpha value is -1.55. The highest BCUT2D eigenvalue weighted by Crippen LogP contribution is 2.10. The van der Waals surface area contributed by atoms with Crippen LogP contribution < -0.4 is 10.5 Å². The third kappa shape index (κ3) is 4.87. The Morgan fingerprint density at radius 1 is 1.29 bits per heavy atom. The van der Waals surface area contributed by atoms with Gasteiger partial charge in [-0.3, -0.25) is 0 Å². The Morgan fingerprint density at radius 3 is 2.59 bits per heavy atom. The van der Waals surface area contributed by atoms with Crippen LogP contribution in [0.5, 0.6) is 5.75 Å². The summed E-state index contributed by atoms with van der Waals surface area (Å²) in [6, 6.07) is 9.10. The Kier molecular flexibility index (Phi) is 6.10. The van der Waals surface area contributed by atoms with Crippen molar-refractivity contribution < 1.29 is 9.53 Å². The van der Waals surface area contributed by atoms with Crippen molar-refractivity contribution in [2.75, 3.05) is 19.6 Å². The molecule has 0 bridgehead atoms. The number of hydrogen-bond acceptors (Lipinski definition) is 3. The molecule has 0 spiro atoms. The molecule has 0 aliphatic heterocycles. The van der Waals surface area contributed by atoms with Crippen molar-refractivity contribution in [1.82, 2.24) is 4.90 Å². The van der Waals surface area contributed by atoms with E-state index in [-0.39, 0.29) is 6.09 Å². The van der Waals surface area contributed by atoms with Gasteiger partial charge < -0.3 is 15.4 Å². The Morgan fingerprint density at radius 2 is 2.00 bits per heavy atom. The van der Waals surface area contributed by atoms with E-state index in [4.69, 9.17) is 10.5 Å². The molecular formula is C13H20N2O2. The van der Waals surface area contributed by atoms with Gasteiger partial charge in [0, 0.05) is 13.1 Å². The highest BCUT2D eigenvalue weighted by Gasteiger charge is 2.13. The highest BCUT2D eigenvalue weighted by molar-refractivity contribution is 5.70. The second kappa shape index (κ2) is 7.68. The van der Waals surface area contributed by atoms with Crippen LogP contribution in [-0.2, 0) is 0 Å². The van der Waals surface area contributed by atoms with Crippen molar-refractivity contribution in [3.63, 3.8) is 0 Å². The Balaban J connectivity index is 2.52. The van der Waals surface area contributed by atoms with Crippen LogP contribution in [0.25, 0.3) is 0 Å². The van der Waals surface area contributed by atoms with Gasteiger partial charge in [0.25, 0.3) is 0 Å². The second-order valence-corrected chi connectivity index (χ2v) is 3.81. The first kappa shape index (κ1) is 13.5. The van der Waals surface area contributed by atoms with Crippen molar-refractivity contribution in [3.8, 4) is 5.75 Å². The second-order valence-electron chi connectivity index (χ2n) is 3.81. The highest BCUT2D eigenvalue weighted by atomic mass is 16.6. The molecule has 0 aliphatic carbocycles. The van der Waals surface area contributed by atoms with Crippen molar-refractivity contribution in [3.05, 3.63) is 30.3 Å². The third-order valence-corrected chi connectivity index (χ3v) is 2.33. The number of carbonyl (C=O) groups is 1. The van der Waals surface area contributed by atoms with Crippen LogP contribution in [-0.4, -0.2) is 30.6 Å². The largest absolute Gasteiger partial charge is 0.415 e. The molecule has 1 aromatic carbocycles. The summed E-state index contributed by atoms with van der Waals surface area (Å²) in [5, 5.41) is 0. The van der Waals surface area contributed by atoms with E-state index in [1.165, 1.54) is 0 Å². The van der Waals surface area contributed by atoms with Crippen molar-refractivity contribution in [1.29, 1.82) is 0 Å². The van der Waals surface area contributed by atoms with Gasteiger partial charge in [-0.25, -0.2) is 4.79 Å². The van der Waals surface area contributed by atoms with Gasteiger partial charge in [-0.15, -0.1) is 0 Å². The molecule has 94 valence electrons. The lowest BCUT2D eigenvalue weighted by molar-refractivity contribution is 0.152. The number of benzene rings is 1. The summed E-state index contributed by atoms with van der Waals surface area (Å²) in [5.41, 5.74) is 5.45. The monoisotopic (exact) mass is 236 g/mol. The summed E-state index contributed by atoms with van der Waals surface area (Å²) >= 11 is 0. The molecule has 0 heterocycles. The standard InChI is InChI=1S/C13H20N2O2/c1-2-10-15(11-6-9-14)13(16)17-12-7-4-3-5-8-12/h3-5,7-8H,2,6,9-11,14H2,1H3. The zero-order chi connectivity index (χ0) is 12.5. The van der Waals surface area contributed by atoms with E-state index < -0.39 is 0 Å². The number of hydrogen-bond donors (Lipinski definition) is 1. The maximum absolute atomic E-state index is 11.9. The minimum atomic E-state index is -0.300. The summed E-state index contributed by atoms with van der Waals surface area (Å²) in [4.78, 5) is 13.6. The lowest BCUT2D eigenvalue weighted by Gasteiger charge is -2.20. The number of amides is 1. The van der Waals surface area contributed by atoms with Gasteiger partial charge in [-0.05, 0) is 31.5 Å². The number of ether oxygens (including phenoxy) is 1.